The molecule has 1 amide bonds. The Bertz CT molecular complexity index is 503. The highest BCUT2D eigenvalue weighted by molar-refractivity contribution is 5.91. The Kier molecular flexibility index (Phi) is 5.39. The Balaban J connectivity index is 1.95. The SMILES string of the molecule is CC(C)Oc1cccc(/C=C/C(=O)N2CCN(C)CC2)c1. The van der Waals surface area contributed by atoms with Crippen molar-refractivity contribution in [2.45, 2.75) is 20.0 Å². The van der Waals surface area contributed by atoms with Crippen molar-refractivity contribution >= 4 is 12.0 Å². The smallest absolute Gasteiger partial charge is 0.246 e. The molecule has 21 heavy (non-hydrogen) atoms. The fraction of sp³-hybridized carbons (Fsp3) is 0.471. The van der Waals surface area contributed by atoms with Crippen LogP contribution in [0.4, 0.5) is 0 Å². The largest absolute Gasteiger partial charge is 0.491 e. The first-order valence-corrected chi connectivity index (χ1v) is 7.47. The van der Waals surface area contributed by atoms with E-state index in [9.17, 15) is 4.79 Å². The highest BCUT2D eigenvalue weighted by Crippen LogP contribution is 2.16. The van der Waals surface area contributed by atoms with Gasteiger partial charge in [-0.25, -0.2) is 0 Å². The molecule has 0 aliphatic carbocycles. The maximum Gasteiger partial charge on any atom is 0.246 e. The molecule has 1 fully saturated rings. The van der Waals surface area contributed by atoms with Crippen molar-refractivity contribution in [1.29, 1.82) is 0 Å². The fourth-order valence-electron chi connectivity index (χ4n) is 2.26. The van der Waals surface area contributed by atoms with Crippen molar-refractivity contribution < 1.29 is 9.53 Å². The first-order chi connectivity index (χ1) is 10.0. The van der Waals surface area contributed by atoms with Crippen molar-refractivity contribution in [3.8, 4) is 5.75 Å². The number of hydrogen-bond donors (Lipinski definition) is 0. The molecular weight excluding hydrogens is 264 g/mol. The first-order valence-electron chi connectivity index (χ1n) is 7.47. The van der Waals surface area contributed by atoms with Gasteiger partial charge in [0.15, 0.2) is 0 Å². The van der Waals surface area contributed by atoms with Crippen LogP contribution < -0.4 is 4.74 Å². The second-order valence-electron chi connectivity index (χ2n) is 5.70. The summed E-state index contributed by atoms with van der Waals surface area (Å²) < 4.78 is 5.66. The second-order valence-corrected chi connectivity index (χ2v) is 5.70. The van der Waals surface area contributed by atoms with Gasteiger partial charge in [0.2, 0.25) is 5.91 Å². The third-order valence-electron chi connectivity index (χ3n) is 3.46. The molecule has 1 saturated heterocycles. The summed E-state index contributed by atoms with van der Waals surface area (Å²) in [5.41, 5.74) is 0.982. The van der Waals surface area contributed by atoms with Crippen molar-refractivity contribution in [1.82, 2.24) is 9.80 Å². The molecule has 0 saturated carbocycles. The number of hydrogen-bond acceptors (Lipinski definition) is 3. The average molecular weight is 288 g/mol. The summed E-state index contributed by atoms with van der Waals surface area (Å²) in [6.45, 7) is 7.49. The number of piperazine rings is 1. The topological polar surface area (TPSA) is 32.8 Å². The van der Waals surface area contributed by atoms with Gasteiger partial charge in [0.25, 0.3) is 0 Å². The highest BCUT2D eigenvalue weighted by atomic mass is 16.5. The molecule has 0 atom stereocenters. The van der Waals surface area contributed by atoms with Gasteiger partial charge in [0.1, 0.15) is 5.75 Å². The Morgan fingerprint density at radius 2 is 1.95 bits per heavy atom. The summed E-state index contributed by atoms with van der Waals surface area (Å²) in [4.78, 5) is 16.3. The van der Waals surface area contributed by atoms with E-state index in [1.165, 1.54) is 0 Å². The summed E-state index contributed by atoms with van der Waals surface area (Å²) in [6, 6.07) is 7.80. The molecule has 4 heteroatoms. The highest BCUT2D eigenvalue weighted by Gasteiger charge is 2.16. The molecule has 1 heterocycles. The van der Waals surface area contributed by atoms with Gasteiger partial charge in [-0.05, 0) is 44.7 Å². The summed E-state index contributed by atoms with van der Waals surface area (Å²) in [6.07, 6.45) is 3.66. The molecule has 1 aromatic carbocycles. The molecule has 0 spiro atoms. The lowest BCUT2D eigenvalue weighted by atomic mass is 10.2. The van der Waals surface area contributed by atoms with E-state index in [1.807, 2.05) is 49.1 Å². The summed E-state index contributed by atoms with van der Waals surface area (Å²) in [7, 11) is 2.08. The average Bonchev–Trinajstić information content (AvgIpc) is 2.45. The molecule has 0 aromatic heterocycles. The van der Waals surface area contributed by atoms with Crippen molar-refractivity contribution in [2.24, 2.45) is 0 Å². The van der Waals surface area contributed by atoms with Gasteiger partial charge in [0, 0.05) is 32.3 Å². The molecule has 0 bridgehead atoms. The van der Waals surface area contributed by atoms with Crippen LogP contribution in [0.3, 0.4) is 0 Å². The zero-order valence-corrected chi connectivity index (χ0v) is 13.1. The number of likely N-dealkylation sites (N-methyl/N-ethyl adjacent to an activating group) is 1. The number of carbonyl (C=O) groups excluding carboxylic acids is 1. The van der Waals surface area contributed by atoms with E-state index in [2.05, 4.69) is 11.9 Å². The van der Waals surface area contributed by atoms with Crippen molar-refractivity contribution in [3.05, 3.63) is 35.9 Å². The van der Waals surface area contributed by atoms with Crippen LogP contribution in [0, 0.1) is 0 Å². The summed E-state index contributed by atoms with van der Waals surface area (Å²) >= 11 is 0. The first kappa shape index (κ1) is 15.6. The minimum absolute atomic E-state index is 0.0817. The van der Waals surface area contributed by atoms with Gasteiger partial charge < -0.3 is 14.5 Å². The number of nitrogens with zero attached hydrogens (tertiary/aromatic N) is 2. The van der Waals surface area contributed by atoms with E-state index in [4.69, 9.17) is 4.74 Å². The molecule has 1 aliphatic rings. The van der Waals surface area contributed by atoms with Crippen molar-refractivity contribution in [2.75, 3.05) is 33.2 Å². The maximum atomic E-state index is 12.1. The Labute approximate surface area is 127 Å². The third-order valence-corrected chi connectivity index (χ3v) is 3.46. The molecular formula is C17H24N2O2. The van der Waals surface area contributed by atoms with E-state index in [1.54, 1.807) is 6.08 Å². The van der Waals surface area contributed by atoms with Crippen molar-refractivity contribution in [3.63, 3.8) is 0 Å². The van der Waals surface area contributed by atoms with Gasteiger partial charge in [-0.15, -0.1) is 0 Å². The lowest BCUT2D eigenvalue weighted by Crippen LogP contribution is -2.46. The molecule has 1 aromatic rings. The zero-order chi connectivity index (χ0) is 15.2. The summed E-state index contributed by atoms with van der Waals surface area (Å²) in [5.74, 6) is 0.914. The van der Waals surface area contributed by atoms with Crippen LogP contribution in [0.1, 0.15) is 19.4 Å². The molecule has 0 radical (unpaired) electrons. The van der Waals surface area contributed by atoms with E-state index in [0.717, 1.165) is 37.5 Å². The van der Waals surface area contributed by atoms with Crippen LogP contribution in [0.25, 0.3) is 6.08 Å². The second kappa shape index (κ2) is 7.27. The van der Waals surface area contributed by atoms with Gasteiger partial charge in [-0.3, -0.25) is 4.79 Å². The quantitative estimate of drug-likeness (QED) is 0.797. The predicted octanol–water partition coefficient (Wildman–Crippen LogP) is 2.26. The minimum atomic E-state index is 0.0817. The third kappa shape index (κ3) is 4.90. The number of amides is 1. The predicted molar refractivity (Wildman–Crippen MR) is 85.3 cm³/mol. The molecule has 0 unspecified atom stereocenters. The van der Waals surface area contributed by atoms with E-state index in [-0.39, 0.29) is 12.0 Å². The van der Waals surface area contributed by atoms with E-state index in [0.29, 0.717) is 0 Å². The molecule has 1 aliphatic heterocycles. The lowest BCUT2D eigenvalue weighted by molar-refractivity contribution is -0.127. The standard InChI is InChI=1S/C17H24N2O2/c1-14(2)21-16-6-4-5-15(13-16)7-8-17(20)19-11-9-18(3)10-12-19/h4-8,13-14H,9-12H2,1-3H3/b8-7+. The van der Waals surface area contributed by atoms with Crippen LogP contribution in [-0.4, -0.2) is 55.0 Å². The van der Waals surface area contributed by atoms with E-state index >= 15 is 0 Å². The van der Waals surface area contributed by atoms with Crippen LogP contribution in [-0.2, 0) is 4.79 Å². The summed E-state index contributed by atoms with van der Waals surface area (Å²) in [5, 5.41) is 0. The minimum Gasteiger partial charge on any atom is -0.491 e. The maximum absolute atomic E-state index is 12.1. The van der Waals surface area contributed by atoms with Gasteiger partial charge >= 0.3 is 0 Å². The number of carbonyl (C=O) groups is 1. The fourth-order valence-corrected chi connectivity index (χ4v) is 2.26. The molecule has 2 rings (SSSR count). The number of ether oxygens (including phenoxy) is 1. The van der Waals surface area contributed by atoms with E-state index < -0.39 is 0 Å². The number of rotatable bonds is 4. The van der Waals surface area contributed by atoms with Crippen LogP contribution in [0.15, 0.2) is 30.3 Å². The molecule has 4 nitrogen and oxygen atoms in total. The Morgan fingerprint density at radius 1 is 1.24 bits per heavy atom. The van der Waals surface area contributed by atoms with Gasteiger partial charge in [-0.1, -0.05) is 12.1 Å². The van der Waals surface area contributed by atoms with Crippen LogP contribution in [0.5, 0.6) is 5.75 Å². The molecule has 0 N–H and O–H groups in total. The van der Waals surface area contributed by atoms with Gasteiger partial charge in [-0.2, -0.15) is 0 Å². The lowest BCUT2D eigenvalue weighted by Gasteiger charge is -2.31. The normalized spacial score (nSPS) is 16.7. The Morgan fingerprint density at radius 3 is 2.62 bits per heavy atom. The van der Waals surface area contributed by atoms with Crippen LogP contribution >= 0.6 is 0 Å². The van der Waals surface area contributed by atoms with Gasteiger partial charge in [0.05, 0.1) is 6.10 Å². The zero-order valence-electron chi connectivity index (χ0n) is 13.1. The van der Waals surface area contributed by atoms with Crippen LogP contribution in [0.2, 0.25) is 0 Å². The number of benzene rings is 1. The molecule has 114 valence electrons. The monoisotopic (exact) mass is 288 g/mol. The Hall–Kier alpha value is -1.81.